The number of halogens is 3. The number of rotatable bonds is 4. The molecule has 4 rings (SSSR count). The van der Waals surface area contributed by atoms with Gasteiger partial charge in [-0.3, -0.25) is 9.36 Å². The van der Waals surface area contributed by atoms with Crippen LogP contribution in [0.4, 0.5) is 4.39 Å². The number of hydrogen-bond acceptors (Lipinski definition) is 4. The van der Waals surface area contributed by atoms with Gasteiger partial charge in [0, 0.05) is 11.9 Å². The van der Waals surface area contributed by atoms with Crippen LogP contribution in [0.15, 0.2) is 70.7 Å². The van der Waals surface area contributed by atoms with Gasteiger partial charge in [0.05, 0.1) is 21.6 Å². The van der Waals surface area contributed by atoms with Gasteiger partial charge in [0.1, 0.15) is 11.0 Å². The van der Waals surface area contributed by atoms with Crippen LogP contribution in [0.2, 0.25) is 10.2 Å². The summed E-state index contributed by atoms with van der Waals surface area (Å²) in [6.45, 7) is 0. The predicted molar refractivity (Wildman–Crippen MR) is 111 cm³/mol. The zero-order valence-electron chi connectivity index (χ0n) is 14.3. The van der Waals surface area contributed by atoms with E-state index in [2.05, 4.69) is 9.97 Å². The largest absolute Gasteiger partial charge is 0.268 e. The maximum Gasteiger partial charge on any atom is 0.266 e. The van der Waals surface area contributed by atoms with Gasteiger partial charge in [0.2, 0.25) is 0 Å². The Kier molecular flexibility index (Phi) is 5.35. The lowest BCUT2D eigenvalue weighted by molar-refractivity contribution is 0.627. The molecule has 0 radical (unpaired) electrons. The second-order valence-electron chi connectivity index (χ2n) is 5.93. The Balaban J connectivity index is 1.84. The van der Waals surface area contributed by atoms with E-state index in [9.17, 15) is 9.18 Å². The highest BCUT2D eigenvalue weighted by atomic mass is 35.5. The van der Waals surface area contributed by atoms with Crippen molar-refractivity contribution in [2.24, 2.45) is 0 Å². The fourth-order valence-corrected chi connectivity index (χ4v) is 3.93. The summed E-state index contributed by atoms with van der Waals surface area (Å²) in [6, 6.07) is 14.8. The molecule has 0 aliphatic carbocycles. The van der Waals surface area contributed by atoms with Crippen LogP contribution >= 0.6 is 35.0 Å². The second-order valence-corrected chi connectivity index (χ2v) is 7.67. The summed E-state index contributed by atoms with van der Waals surface area (Å²) >= 11 is 13.1. The molecule has 0 N–H and O–H groups in total. The minimum atomic E-state index is -0.548. The van der Waals surface area contributed by atoms with Gasteiger partial charge in [-0.05, 0) is 42.0 Å². The summed E-state index contributed by atoms with van der Waals surface area (Å²) in [6.07, 6.45) is 1.67. The van der Waals surface area contributed by atoms with Crippen molar-refractivity contribution in [3.8, 4) is 5.69 Å². The Morgan fingerprint density at radius 1 is 1.07 bits per heavy atom. The normalized spacial score (nSPS) is 11.1. The lowest BCUT2D eigenvalue weighted by Gasteiger charge is -2.13. The van der Waals surface area contributed by atoms with Crippen LogP contribution < -0.4 is 5.56 Å². The van der Waals surface area contributed by atoms with Crippen LogP contribution in [0, 0.1) is 5.82 Å². The number of nitrogens with zero attached hydrogens (tertiary/aromatic N) is 3. The van der Waals surface area contributed by atoms with E-state index in [1.807, 2.05) is 12.1 Å². The summed E-state index contributed by atoms with van der Waals surface area (Å²) in [5.74, 6) is -0.0159. The number of hydrogen-bond donors (Lipinski definition) is 0. The molecule has 0 spiro atoms. The molecule has 0 saturated carbocycles. The van der Waals surface area contributed by atoms with E-state index in [0.29, 0.717) is 32.7 Å². The summed E-state index contributed by atoms with van der Waals surface area (Å²) in [5, 5.41) is 1.30. The van der Waals surface area contributed by atoms with E-state index >= 15 is 0 Å². The van der Waals surface area contributed by atoms with Crippen molar-refractivity contribution in [2.45, 2.75) is 10.9 Å². The number of benzene rings is 2. The summed E-state index contributed by atoms with van der Waals surface area (Å²) in [4.78, 5) is 21.8. The van der Waals surface area contributed by atoms with Gasteiger partial charge < -0.3 is 0 Å². The maximum atomic E-state index is 13.6. The number of thioether (sulfide) groups is 1. The Morgan fingerprint density at radius 2 is 1.89 bits per heavy atom. The van der Waals surface area contributed by atoms with E-state index in [0.717, 1.165) is 5.56 Å². The second kappa shape index (κ2) is 7.91. The fourth-order valence-electron chi connectivity index (χ4n) is 2.70. The molecule has 0 unspecified atom stereocenters. The Labute approximate surface area is 174 Å². The van der Waals surface area contributed by atoms with Crippen LogP contribution in [-0.4, -0.2) is 14.5 Å². The number of para-hydroxylation sites is 1. The molecule has 4 aromatic rings. The summed E-state index contributed by atoms with van der Waals surface area (Å²) in [7, 11) is 0. The molecule has 0 fully saturated rings. The Bertz CT molecular complexity index is 1230. The molecule has 4 nitrogen and oxygen atoms in total. The quantitative estimate of drug-likeness (QED) is 0.242. The van der Waals surface area contributed by atoms with Crippen LogP contribution in [-0.2, 0) is 5.75 Å². The fraction of sp³-hybridized carbons (Fsp3) is 0.0500. The zero-order chi connectivity index (χ0) is 19.7. The average Bonchev–Trinajstić information content (AvgIpc) is 2.70. The first-order valence-corrected chi connectivity index (χ1v) is 9.97. The molecule has 0 aliphatic heterocycles. The Morgan fingerprint density at radius 3 is 2.64 bits per heavy atom. The van der Waals surface area contributed by atoms with Gasteiger partial charge in [0.25, 0.3) is 5.56 Å². The molecule has 0 amide bonds. The summed E-state index contributed by atoms with van der Waals surface area (Å²) in [5.41, 5.74) is 1.73. The van der Waals surface area contributed by atoms with E-state index in [1.165, 1.54) is 34.5 Å². The predicted octanol–water partition coefficient (Wildman–Crippen LogP) is 5.52. The van der Waals surface area contributed by atoms with Crippen molar-refractivity contribution in [1.29, 1.82) is 0 Å². The van der Waals surface area contributed by atoms with Gasteiger partial charge >= 0.3 is 0 Å². The topological polar surface area (TPSA) is 47.8 Å². The minimum absolute atomic E-state index is 0.0598. The molecule has 0 atom stereocenters. The van der Waals surface area contributed by atoms with Crippen molar-refractivity contribution in [3.05, 3.63) is 92.7 Å². The molecule has 0 aliphatic rings. The lowest BCUT2D eigenvalue weighted by atomic mass is 10.2. The van der Waals surface area contributed by atoms with Crippen LogP contribution in [0.3, 0.4) is 0 Å². The highest BCUT2D eigenvalue weighted by Gasteiger charge is 2.15. The zero-order valence-corrected chi connectivity index (χ0v) is 16.6. The molecule has 0 bridgehead atoms. The van der Waals surface area contributed by atoms with Crippen molar-refractivity contribution < 1.29 is 4.39 Å². The highest BCUT2D eigenvalue weighted by Crippen LogP contribution is 2.26. The van der Waals surface area contributed by atoms with E-state index < -0.39 is 5.82 Å². The van der Waals surface area contributed by atoms with Crippen LogP contribution in [0.1, 0.15) is 5.56 Å². The number of fused-ring (bicyclic) bond motifs is 1. The Hall–Kier alpha value is -2.41. The van der Waals surface area contributed by atoms with Gasteiger partial charge in [-0.1, -0.05) is 53.2 Å². The molecular formula is C20H12Cl2FN3OS. The molecule has 2 heterocycles. The van der Waals surface area contributed by atoms with E-state index in [1.54, 1.807) is 30.5 Å². The first-order chi connectivity index (χ1) is 13.5. The number of pyridine rings is 1. The van der Waals surface area contributed by atoms with E-state index in [4.69, 9.17) is 23.2 Å². The third-order valence-electron chi connectivity index (χ3n) is 4.06. The average molecular weight is 432 g/mol. The third-order valence-corrected chi connectivity index (χ3v) is 5.59. The first kappa shape index (κ1) is 18.9. The highest BCUT2D eigenvalue weighted by molar-refractivity contribution is 7.98. The molecule has 2 aromatic heterocycles. The number of aromatic nitrogens is 3. The summed E-state index contributed by atoms with van der Waals surface area (Å²) < 4.78 is 15.1. The molecular weight excluding hydrogens is 420 g/mol. The molecule has 28 heavy (non-hydrogen) atoms. The van der Waals surface area contributed by atoms with Crippen LogP contribution in [0.25, 0.3) is 16.6 Å². The van der Waals surface area contributed by atoms with Crippen LogP contribution in [0.5, 0.6) is 0 Å². The molecule has 140 valence electrons. The smallest absolute Gasteiger partial charge is 0.266 e. The maximum absolute atomic E-state index is 13.6. The SMILES string of the molecule is O=c1c2ccccc2nc(SCc2ccc(Cl)nc2)n1-c1ccc(F)c(Cl)c1. The van der Waals surface area contributed by atoms with Gasteiger partial charge in [-0.15, -0.1) is 0 Å². The standard InChI is InChI=1S/C20H12Cl2FN3OS/c21-15-9-13(6-7-16(15)23)26-19(27)14-3-1-2-4-17(14)25-20(26)28-11-12-5-8-18(22)24-10-12/h1-10H,11H2. The monoisotopic (exact) mass is 431 g/mol. The van der Waals surface area contributed by atoms with Crippen molar-refractivity contribution >= 4 is 45.9 Å². The van der Waals surface area contributed by atoms with Crippen molar-refractivity contribution in [1.82, 2.24) is 14.5 Å². The van der Waals surface area contributed by atoms with Gasteiger partial charge in [-0.25, -0.2) is 14.4 Å². The minimum Gasteiger partial charge on any atom is -0.268 e. The van der Waals surface area contributed by atoms with Gasteiger partial charge in [0.15, 0.2) is 5.16 Å². The van der Waals surface area contributed by atoms with Crippen molar-refractivity contribution in [2.75, 3.05) is 0 Å². The van der Waals surface area contributed by atoms with Crippen molar-refractivity contribution in [3.63, 3.8) is 0 Å². The molecule has 0 saturated heterocycles. The first-order valence-electron chi connectivity index (χ1n) is 8.23. The third kappa shape index (κ3) is 3.76. The lowest BCUT2D eigenvalue weighted by Crippen LogP contribution is -2.21. The van der Waals surface area contributed by atoms with Gasteiger partial charge in [-0.2, -0.15) is 0 Å². The van der Waals surface area contributed by atoms with E-state index in [-0.39, 0.29) is 10.6 Å². The molecule has 8 heteroatoms. The molecule has 2 aromatic carbocycles.